The molecule has 1 aliphatic carbocycles. The minimum Gasteiger partial charge on any atom is -0.224 e. The van der Waals surface area contributed by atoms with E-state index in [1.54, 1.807) is 23.9 Å². The molecule has 3 nitrogen and oxygen atoms in total. The Labute approximate surface area is 125 Å². The van der Waals surface area contributed by atoms with Crippen molar-refractivity contribution < 1.29 is 8.42 Å². The number of sulfone groups is 1. The Kier molecular flexibility index (Phi) is 4.77. The fourth-order valence-corrected chi connectivity index (χ4v) is 4.61. The van der Waals surface area contributed by atoms with Gasteiger partial charge >= 0.3 is 0 Å². The van der Waals surface area contributed by atoms with Crippen LogP contribution < -0.4 is 0 Å². The molecule has 3 atom stereocenters. The third kappa shape index (κ3) is 3.77. The monoisotopic (exact) mass is 309 g/mol. The molecule has 0 saturated heterocycles. The van der Waals surface area contributed by atoms with E-state index in [1.807, 2.05) is 12.1 Å². The van der Waals surface area contributed by atoms with Crippen LogP contribution in [0.2, 0.25) is 0 Å². The lowest BCUT2D eigenvalue weighted by Crippen LogP contribution is -2.24. The third-order valence-electron chi connectivity index (χ3n) is 3.76. The van der Waals surface area contributed by atoms with Crippen LogP contribution in [-0.4, -0.2) is 19.9 Å². The van der Waals surface area contributed by atoms with Gasteiger partial charge in [0.1, 0.15) is 0 Å². The molecule has 20 heavy (non-hydrogen) atoms. The Bertz CT molecular complexity index is 602. The van der Waals surface area contributed by atoms with Gasteiger partial charge in [0.2, 0.25) is 0 Å². The maximum atomic E-state index is 11.4. The van der Waals surface area contributed by atoms with Crippen molar-refractivity contribution in [2.24, 2.45) is 11.8 Å². The number of nitrogens with zero attached hydrogens (tertiary/aromatic N) is 1. The van der Waals surface area contributed by atoms with Crippen LogP contribution in [-0.2, 0) is 9.84 Å². The normalized spacial score (nSPS) is 26.9. The minimum absolute atomic E-state index is 0.103. The average molecular weight is 309 g/mol. The maximum Gasteiger partial charge on any atom is 0.175 e. The highest BCUT2D eigenvalue weighted by atomic mass is 32.2. The lowest BCUT2D eigenvalue weighted by Gasteiger charge is -2.30. The standard InChI is InChI=1S/C15H19NO2S2/c1-11-3-4-12(10-16)15(9-11)19-13-5-7-14(8-6-13)20(2,17)18/h5-8,11-12,15H,3-4,9H2,1-2H3. The zero-order valence-corrected chi connectivity index (χ0v) is 13.4. The second kappa shape index (κ2) is 6.19. The molecule has 1 aromatic carbocycles. The summed E-state index contributed by atoms with van der Waals surface area (Å²) in [5.41, 5.74) is 0. The van der Waals surface area contributed by atoms with E-state index in [1.165, 1.54) is 6.26 Å². The van der Waals surface area contributed by atoms with Gasteiger partial charge < -0.3 is 0 Å². The van der Waals surface area contributed by atoms with Crippen LogP contribution in [0.4, 0.5) is 0 Å². The summed E-state index contributed by atoms with van der Waals surface area (Å²) in [5, 5.41) is 9.55. The summed E-state index contributed by atoms with van der Waals surface area (Å²) in [6.07, 6.45) is 4.36. The molecule has 108 valence electrons. The smallest absolute Gasteiger partial charge is 0.175 e. The van der Waals surface area contributed by atoms with Crippen LogP contribution in [0.15, 0.2) is 34.1 Å². The Morgan fingerprint density at radius 2 is 1.90 bits per heavy atom. The topological polar surface area (TPSA) is 57.9 Å². The lowest BCUT2D eigenvalue weighted by molar-refractivity contribution is 0.346. The van der Waals surface area contributed by atoms with Gasteiger partial charge in [0.05, 0.1) is 16.9 Å². The molecule has 0 amide bonds. The van der Waals surface area contributed by atoms with Crippen molar-refractivity contribution in [2.45, 2.75) is 41.2 Å². The van der Waals surface area contributed by atoms with Crippen molar-refractivity contribution in [3.8, 4) is 6.07 Å². The zero-order chi connectivity index (χ0) is 14.8. The largest absolute Gasteiger partial charge is 0.224 e. The number of rotatable bonds is 3. The second-order valence-corrected chi connectivity index (χ2v) is 8.88. The van der Waals surface area contributed by atoms with E-state index < -0.39 is 9.84 Å². The Balaban J connectivity index is 2.11. The fraction of sp³-hybridized carbons (Fsp3) is 0.533. The number of nitriles is 1. The summed E-state index contributed by atoms with van der Waals surface area (Å²) in [6.45, 7) is 2.23. The first-order valence-electron chi connectivity index (χ1n) is 6.76. The highest BCUT2D eigenvalue weighted by Gasteiger charge is 2.29. The number of thioether (sulfide) groups is 1. The number of benzene rings is 1. The van der Waals surface area contributed by atoms with Gasteiger partial charge in [0.25, 0.3) is 0 Å². The van der Waals surface area contributed by atoms with Gasteiger partial charge in [-0.25, -0.2) is 8.42 Å². The highest BCUT2D eigenvalue weighted by Crippen LogP contribution is 2.39. The van der Waals surface area contributed by atoms with Crippen molar-refractivity contribution in [2.75, 3.05) is 6.26 Å². The van der Waals surface area contributed by atoms with Crippen LogP contribution in [0.1, 0.15) is 26.2 Å². The van der Waals surface area contributed by atoms with Crippen molar-refractivity contribution in [1.82, 2.24) is 0 Å². The van der Waals surface area contributed by atoms with Gasteiger partial charge in [0, 0.05) is 16.4 Å². The summed E-state index contributed by atoms with van der Waals surface area (Å²) in [5.74, 6) is 0.762. The molecule has 5 heteroatoms. The predicted molar refractivity (Wildman–Crippen MR) is 81.3 cm³/mol. The van der Waals surface area contributed by atoms with E-state index in [-0.39, 0.29) is 5.92 Å². The first-order valence-corrected chi connectivity index (χ1v) is 9.53. The third-order valence-corrected chi connectivity index (χ3v) is 6.26. The first-order chi connectivity index (χ1) is 9.40. The van der Waals surface area contributed by atoms with E-state index in [4.69, 9.17) is 0 Å². The molecule has 0 aliphatic heterocycles. The minimum atomic E-state index is -3.14. The van der Waals surface area contributed by atoms with E-state index in [0.717, 1.165) is 24.2 Å². The number of hydrogen-bond acceptors (Lipinski definition) is 4. The van der Waals surface area contributed by atoms with Gasteiger partial charge in [-0.2, -0.15) is 5.26 Å². The first kappa shape index (κ1) is 15.4. The lowest BCUT2D eigenvalue weighted by atomic mass is 9.83. The summed E-state index contributed by atoms with van der Waals surface area (Å²) in [6, 6.07) is 9.39. The quantitative estimate of drug-likeness (QED) is 0.857. The molecule has 0 aromatic heterocycles. The van der Waals surface area contributed by atoms with Gasteiger partial charge in [-0.15, -0.1) is 11.8 Å². The molecule has 0 N–H and O–H groups in total. The second-order valence-electron chi connectivity index (χ2n) is 5.55. The maximum absolute atomic E-state index is 11.4. The molecular weight excluding hydrogens is 290 g/mol. The summed E-state index contributed by atoms with van der Waals surface area (Å²) < 4.78 is 22.9. The Morgan fingerprint density at radius 3 is 2.45 bits per heavy atom. The van der Waals surface area contributed by atoms with Crippen LogP contribution in [0.25, 0.3) is 0 Å². The zero-order valence-electron chi connectivity index (χ0n) is 11.7. The van der Waals surface area contributed by atoms with Gasteiger partial charge in [-0.05, 0) is 49.4 Å². The van der Waals surface area contributed by atoms with E-state index in [9.17, 15) is 13.7 Å². The van der Waals surface area contributed by atoms with Crippen molar-refractivity contribution in [1.29, 1.82) is 5.26 Å². The van der Waals surface area contributed by atoms with E-state index in [0.29, 0.717) is 16.1 Å². The molecule has 0 spiro atoms. The summed E-state index contributed by atoms with van der Waals surface area (Å²) in [4.78, 5) is 1.38. The van der Waals surface area contributed by atoms with Gasteiger partial charge in [-0.3, -0.25) is 0 Å². The van der Waals surface area contributed by atoms with Crippen molar-refractivity contribution >= 4 is 21.6 Å². The fourth-order valence-electron chi connectivity index (χ4n) is 2.55. The molecule has 1 aliphatic rings. The van der Waals surface area contributed by atoms with Crippen molar-refractivity contribution in [3.05, 3.63) is 24.3 Å². The molecule has 0 heterocycles. The summed E-state index contributed by atoms with van der Waals surface area (Å²) >= 11 is 1.70. The SMILES string of the molecule is CC1CCC(C#N)C(Sc2ccc(S(C)(=O)=O)cc2)C1. The Morgan fingerprint density at radius 1 is 1.25 bits per heavy atom. The molecule has 1 saturated carbocycles. The van der Waals surface area contributed by atoms with E-state index in [2.05, 4.69) is 13.0 Å². The van der Waals surface area contributed by atoms with E-state index >= 15 is 0 Å². The van der Waals surface area contributed by atoms with Crippen LogP contribution in [0.3, 0.4) is 0 Å². The molecule has 3 unspecified atom stereocenters. The molecule has 2 rings (SSSR count). The summed E-state index contributed by atoms with van der Waals surface area (Å²) in [7, 11) is -3.14. The van der Waals surface area contributed by atoms with Crippen molar-refractivity contribution in [3.63, 3.8) is 0 Å². The molecular formula is C15H19NO2S2. The predicted octanol–water partition coefficient (Wildman–Crippen LogP) is 3.51. The van der Waals surface area contributed by atoms with Crippen LogP contribution in [0.5, 0.6) is 0 Å². The Hall–Kier alpha value is -0.990. The molecule has 1 aromatic rings. The van der Waals surface area contributed by atoms with Gasteiger partial charge in [0.15, 0.2) is 9.84 Å². The van der Waals surface area contributed by atoms with Crippen LogP contribution >= 0.6 is 11.8 Å². The molecule has 0 radical (unpaired) electrons. The van der Waals surface area contributed by atoms with Crippen LogP contribution in [0, 0.1) is 23.2 Å². The average Bonchev–Trinajstić information content (AvgIpc) is 2.38. The number of hydrogen-bond donors (Lipinski definition) is 0. The highest BCUT2D eigenvalue weighted by molar-refractivity contribution is 8.00. The molecule has 0 bridgehead atoms. The molecule has 1 fully saturated rings. The van der Waals surface area contributed by atoms with Gasteiger partial charge in [-0.1, -0.05) is 6.92 Å².